The van der Waals surface area contributed by atoms with Crippen LogP contribution in [-0.2, 0) is 10.1 Å². The molecule has 0 amide bonds. The van der Waals surface area contributed by atoms with Crippen molar-refractivity contribution < 1.29 is 47.6 Å². The van der Waals surface area contributed by atoms with Crippen molar-refractivity contribution in [3.8, 4) is 0 Å². The molecule has 0 spiro atoms. The van der Waals surface area contributed by atoms with Gasteiger partial charge in [-0.2, -0.15) is 8.42 Å². The van der Waals surface area contributed by atoms with Gasteiger partial charge in [-0.15, -0.1) is 0 Å². The Labute approximate surface area is 195 Å². The van der Waals surface area contributed by atoms with E-state index in [0.29, 0.717) is 0 Å². The Morgan fingerprint density at radius 1 is 0.857 bits per heavy atom. The summed E-state index contributed by atoms with van der Waals surface area (Å²) in [7, 11) is -4.04. The fourth-order valence-corrected chi connectivity index (χ4v) is 3.29. The first kappa shape index (κ1) is 30.3. The molecule has 0 bridgehead atoms. The SMILES string of the molecule is CCCCCCCCCCCCCCCC/C=C/C([O-])=NCCS(=O)(=O)O.[Na+]. The zero-order chi connectivity index (χ0) is 20.2. The Hall–Kier alpha value is 0.120. The normalized spacial score (nSPS) is 12.4. The molecule has 28 heavy (non-hydrogen) atoms. The number of hydrogen-bond donors (Lipinski definition) is 1. The quantitative estimate of drug-likeness (QED) is 0.113. The molecule has 0 aliphatic heterocycles. The van der Waals surface area contributed by atoms with Gasteiger partial charge in [0, 0.05) is 0 Å². The Balaban J connectivity index is 0. The molecule has 1 N–H and O–H groups in total. The molecule has 0 atom stereocenters. The van der Waals surface area contributed by atoms with Gasteiger partial charge in [0.2, 0.25) is 0 Å². The van der Waals surface area contributed by atoms with Gasteiger partial charge in [-0.3, -0.25) is 9.55 Å². The van der Waals surface area contributed by atoms with Crippen LogP contribution in [0.5, 0.6) is 0 Å². The van der Waals surface area contributed by atoms with Crippen molar-refractivity contribution >= 4 is 16.0 Å². The van der Waals surface area contributed by atoms with Crippen LogP contribution in [0.25, 0.3) is 0 Å². The molecule has 160 valence electrons. The summed E-state index contributed by atoms with van der Waals surface area (Å²) < 4.78 is 29.5. The number of nitrogens with zero attached hydrogens (tertiary/aromatic N) is 1. The first-order valence-electron chi connectivity index (χ1n) is 10.8. The molecule has 0 aliphatic carbocycles. The van der Waals surface area contributed by atoms with E-state index in [-0.39, 0.29) is 36.1 Å². The molecule has 0 saturated carbocycles. The summed E-state index contributed by atoms with van der Waals surface area (Å²) in [6.07, 6.45) is 22.6. The van der Waals surface area contributed by atoms with Crippen LogP contribution in [0.1, 0.15) is 103 Å². The Bertz CT molecular complexity index is 493. The maximum absolute atomic E-state index is 11.3. The fraction of sp³-hybridized carbons (Fsp3) is 0.857. The van der Waals surface area contributed by atoms with Crippen LogP contribution in [0.3, 0.4) is 0 Å². The smallest absolute Gasteiger partial charge is 0.859 e. The summed E-state index contributed by atoms with van der Waals surface area (Å²) in [5, 5.41) is 11.3. The van der Waals surface area contributed by atoms with Crippen molar-refractivity contribution in [1.82, 2.24) is 0 Å². The van der Waals surface area contributed by atoms with Crippen LogP contribution < -0.4 is 34.7 Å². The summed E-state index contributed by atoms with van der Waals surface area (Å²) in [5.41, 5.74) is 0. The van der Waals surface area contributed by atoms with Crippen LogP contribution in [0.15, 0.2) is 17.1 Å². The van der Waals surface area contributed by atoms with Gasteiger partial charge in [0.25, 0.3) is 10.1 Å². The van der Waals surface area contributed by atoms with Gasteiger partial charge in [0.15, 0.2) is 0 Å². The van der Waals surface area contributed by atoms with Crippen molar-refractivity contribution in [1.29, 1.82) is 0 Å². The average Bonchev–Trinajstić information content (AvgIpc) is 2.60. The van der Waals surface area contributed by atoms with E-state index in [9.17, 15) is 13.5 Å². The molecular formula is C21H40NNaO4S. The predicted octanol–water partition coefficient (Wildman–Crippen LogP) is 2.06. The molecule has 0 unspecified atom stereocenters. The standard InChI is InChI=1S/C21H41NO4S.Na/c1-2-3-4-5-6-7-8-9-10-11-12-13-14-15-16-17-18-21(23)22-19-20-27(24,25)26;/h17-18H,2-16,19-20H2,1H3,(H,22,23)(H,24,25,26);/q;+1/p-1/b18-17+;. The molecular weight excluding hydrogens is 385 g/mol. The molecule has 0 aliphatic rings. The van der Waals surface area contributed by atoms with Gasteiger partial charge in [0.1, 0.15) is 0 Å². The molecule has 0 saturated heterocycles. The van der Waals surface area contributed by atoms with Gasteiger partial charge in [0.05, 0.1) is 12.3 Å². The van der Waals surface area contributed by atoms with Gasteiger partial charge in [-0.25, -0.2) is 0 Å². The second-order valence-electron chi connectivity index (χ2n) is 7.29. The van der Waals surface area contributed by atoms with Gasteiger partial charge < -0.3 is 5.11 Å². The Kier molecular flexibility index (Phi) is 23.6. The maximum Gasteiger partial charge on any atom is 1.00 e. The van der Waals surface area contributed by atoms with E-state index < -0.39 is 21.8 Å². The van der Waals surface area contributed by atoms with E-state index in [1.54, 1.807) is 6.08 Å². The summed E-state index contributed by atoms with van der Waals surface area (Å²) >= 11 is 0. The van der Waals surface area contributed by atoms with Crippen LogP contribution in [0.2, 0.25) is 0 Å². The Morgan fingerprint density at radius 3 is 1.71 bits per heavy atom. The zero-order valence-corrected chi connectivity index (χ0v) is 21.0. The number of allylic oxidation sites excluding steroid dienone is 1. The summed E-state index contributed by atoms with van der Waals surface area (Å²) in [4.78, 5) is 3.55. The minimum Gasteiger partial charge on any atom is -0.859 e. The van der Waals surface area contributed by atoms with E-state index in [1.807, 2.05) is 0 Å². The monoisotopic (exact) mass is 425 g/mol. The van der Waals surface area contributed by atoms with E-state index in [2.05, 4.69) is 11.9 Å². The molecule has 5 nitrogen and oxygen atoms in total. The van der Waals surface area contributed by atoms with Crippen LogP contribution in [0, 0.1) is 0 Å². The third kappa shape index (κ3) is 26.1. The molecule has 7 heteroatoms. The van der Waals surface area contributed by atoms with Crippen molar-refractivity contribution in [2.45, 2.75) is 103 Å². The molecule has 0 aromatic carbocycles. The van der Waals surface area contributed by atoms with Gasteiger partial charge >= 0.3 is 29.6 Å². The first-order valence-corrected chi connectivity index (χ1v) is 12.4. The van der Waals surface area contributed by atoms with E-state index in [4.69, 9.17) is 4.55 Å². The number of rotatable bonds is 19. The molecule has 0 rings (SSSR count). The van der Waals surface area contributed by atoms with E-state index in [1.165, 1.54) is 89.5 Å². The topological polar surface area (TPSA) is 89.8 Å². The summed E-state index contributed by atoms with van der Waals surface area (Å²) in [6, 6.07) is 0. The predicted molar refractivity (Wildman–Crippen MR) is 113 cm³/mol. The number of unbranched alkanes of at least 4 members (excludes halogenated alkanes) is 14. The molecule has 0 radical (unpaired) electrons. The molecule has 0 aromatic heterocycles. The number of hydrogen-bond acceptors (Lipinski definition) is 4. The largest absolute Gasteiger partial charge is 1.00 e. The van der Waals surface area contributed by atoms with Crippen molar-refractivity contribution in [3.05, 3.63) is 12.2 Å². The van der Waals surface area contributed by atoms with Crippen molar-refractivity contribution in [3.63, 3.8) is 0 Å². The molecule has 0 heterocycles. The summed E-state index contributed by atoms with van der Waals surface area (Å²) in [5.74, 6) is -0.949. The van der Waals surface area contributed by atoms with E-state index >= 15 is 0 Å². The third-order valence-electron chi connectivity index (χ3n) is 4.60. The molecule has 0 fully saturated rings. The van der Waals surface area contributed by atoms with Gasteiger partial charge in [-0.05, 0) is 18.7 Å². The van der Waals surface area contributed by atoms with Crippen molar-refractivity contribution in [2.75, 3.05) is 12.3 Å². The fourth-order valence-electron chi connectivity index (χ4n) is 2.96. The first-order chi connectivity index (χ1) is 13.0. The maximum atomic E-state index is 11.3. The van der Waals surface area contributed by atoms with E-state index in [0.717, 1.165) is 12.8 Å². The van der Waals surface area contributed by atoms with Crippen LogP contribution >= 0.6 is 0 Å². The number of aliphatic imine (C=N–C) groups is 1. The van der Waals surface area contributed by atoms with Gasteiger partial charge in [-0.1, -0.05) is 103 Å². The second kappa shape index (κ2) is 21.8. The van der Waals surface area contributed by atoms with Crippen LogP contribution in [-0.4, -0.2) is 31.2 Å². The second-order valence-corrected chi connectivity index (χ2v) is 8.87. The third-order valence-corrected chi connectivity index (χ3v) is 5.30. The molecule has 0 aromatic rings. The zero-order valence-electron chi connectivity index (χ0n) is 18.2. The van der Waals surface area contributed by atoms with Crippen molar-refractivity contribution in [2.24, 2.45) is 4.99 Å². The minimum atomic E-state index is -4.04. The Morgan fingerprint density at radius 2 is 1.29 bits per heavy atom. The minimum absolute atomic E-state index is 0. The average molecular weight is 426 g/mol. The summed E-state index contributed by atoms with van der Waals surface area (Å²) in [6.45, 7) is 2.06. The van der Waals surface area contributed by atoms with Crippen LogP contribution in [0.4, 0.5) is 0 Å².